The number of ether oxygens (including phenoxy) is 1. The van der Waals surface area contributed by atoms with Gasteiger partial charge in [0.15, 0.2) is 0 Å². The molecular formula is C44H30O. The molecule has 0 amide bonds. The molecule has 0 radical (unpaired) electrons. The van der Waals surface area contributed by atoms with E-state index in [2.05, 4.69) is 159 Å². The Morgan fingerprint density at radius 3 is 1.89 bits per heavy atom. The molecule has 0 unspecified atom stereocenters. The lowest BCUT2D eigenvalue weighted by Gasteiger charge is -2.36. The summed E-state index contributed by atoms with van der Waals surface area (Å²) in [6.07, 6.45) is 0. The van der Waals surface area contributed by atoms with Crippen LogP contribution in [0.25, 0.3) is 44.2 Å². The fraction of sp³-hybridized carbons (Fsp3) is 0.0909. The van der Waals surface area contributed by atoms with Gasteiger partial charge in [-0.1, -0.05) is 141 Å². The minimum Gasteiger partial charge on any atom is -0.457 e. The fourth-order valence-corrected chi connectivity index (χ4v) is 8.90. The average molecular weight is 575 g/mol. The monoisotopic (exact) mass is 574 g/mol. The van der Waals surface area contributed by atoms with Crippen LogP contribution < -0.4 is 4.74 Å². The average Bonchev–Trinajstić information content (AvgIpc) is 3.55. The third-order valence-electron chi connectivity index (χ3n) is 10.7. The molecule has 0 atom stereocenters. The van der Waals surface area contributed by atoms with Gasteiger partial charge in [0.1, 0.15) is 11.5 Å². The molecule has 212 valence electrons. The molecule has 45 heavy (non-hydrogen) atoms. The predicted molar refractivity (Wildman–Crippen MR) is 184 cm³/mol. The zero-order chi connectivity index (χ0) is 29.9. The first kappa shape index (κ1) is 25.0. The SMILES string of the molecule is CC1(C)c2ccccc2Oc2cccc(-c3ccc4c(c3)C3(c5ccccc5-c5ccccc53)c3ccc5ccccc5c3-4)c21. The van der Waals surface area contributed by atoms with E-state index in [1.807, 2.05) is 0 Å². The number of para-hydroxylation sites is 1. The molecule has 1 nitrogen and oxygen atoms in total. The Balaban J connectivity index is 1.31. The second-order valence-corrected chi connectivity index (χ2v) is 13.2. The van der Waals surface area contributed by atoms with Gasteiger partial charge in [-0.3, -0.25) is 0 Å². The van der Waals surface area contributed by atoms with Crippen molar-refractivity contribution < 1.29 is 4.74 Å². The zero-order valence-electron chi connectivity index (χ0n) is 25.3. The van der Waals surface area contributed by atoms with E-state index in [4.69, 9.17) is 4.74 Å². The summed E-state index contributed by atoms with van der Waals surface area (Å²) in [6, 6.07) is 53.9. The highest BCUT2D eigenvalue weighted by Crippen LogP contribution is 2.64. The number of hydrogen-bond donors (Lipinski definition) is 0. The third kappa shape index (κ3) is 3.03. The molecule has 2 aliphatic carbocycles. The Morgan fingerprint density at radius 2 is 1.09 bits per heavy atom. The van der Waals surface area contributed by atoms with Gasteiger partial charge < -0.3 is 4.74 Å². The van der Waals surface area contributed by atoms with Gasteiger partial charge in [0, 0.05) is 16.5 Å². The summed E-state index contributed by atoms with van der Waals surface area (Å²) >= 11 is 0. The van der Waals surface area contributed by atoms with Crippen LogP contribution in [0.2, 0.25) is 0 Å². The summed E-state index contributed by atoms with van der Waals surface area (Å²) in [5.74, 6) is 1.89. The maximum absolute atomic E-state index is 6.55. The summed E-state index contributed by atoms with van der Waals surface area (Å²) in [7, 11) is 0. The lowest BCUT2D eigenvalue weighted by Crippen LogP contribution is -2.26. The smallest absolute Gasteiger partial charge is 0.132 e. The van der Waals surface area contributed by atoms with Crippen LogP contribution in [-0.4, -0.2) is 0 Å². The largest absolute Gasteiger partial charge is 0.457 e. The van der Waals surface area contributed by atoms with Crippen molar-refractivity contribution in [1.82, 2.24) is 0 Å². The standard InChI is InChI=1S/C44H30O/c1-43(2)36-19-9-10-20-39(36)45-40-21-11-16-30(42(40)43)28-22-24-33-38(26-28)44(37-25-23-27-12-3-4-13-29(27)41(33)37)34-17-7-5-14-31(34)32-15-6-8-18-35(32)44/h3-26H,1-2H3. The third-order valence-corrected chi connectivity index (χ3v) is 10.7. The molecule has 7 aromatic rings. The van der Waals surface area contributed by atoms with Gasteiger partial charge in [-0.05, 0) is 84.6 Å². The van der Waals surface area contributed by atoms with Gasteiger partial charge in [-0.15, -0.1) is 0 Å². The molecule has 0 saturated heterocycles. The van der Waals surface area contributed by atoms with Gasteiger partial charge in [0.05, 0.1) is 5.41 Å². The highest BCUT2D eigenvalue weighted by molar-refractivity contribution is 6.06. The Bertz CT molecular complexity index is 2340. The molecule has 7 aromatic carbocycles. The highest BCUT2D eigenvalue weighted by Gasteiger charge is 2.52. The van der Waals surface area contributed by atoms with Crippen LogP contribution in [0.3, 0.4) is 0 Å². The second kappa shape index (κ2) is 8.61. The highest BCUT2D eigenvalue weighted by atomic mass is 16.5. The van der Waals surface area contributed by atoms with E-state index < -0.39 is 5.41 Å². The number of hydrogen-bond acceptors (Lipinski definition) is 1. The van der Waals surface area contributed by atoms with Crippen molar-refractivity contribution in [3.8, 4) is 44.9 Å². The molecule has 0 saturated carbocycles. The van der Waals surface area contributed by atoms with E-state index in [9.17, 15) is 0 Å². The Morgan fingerprint density at radius 1 is 0.444 bits per heavy atom. The Hall–Kier alpha value is -5.40. The molecule has 0 N–H and O–H groups in total. The molecule has 1 aliphatic heterocycles. The molecule has 0 aromatic heterocycles. The normalized spacial score (nSPS) is 15.4. The molecule has 10 rings (SSSR count). The molecular weight excluding hydrogens is 544 g/mol. The number of rotatable bonds is 1. The van der Waals surface area contributed by atoms with Crippen LogP contribution in [0, 0.1) is 0 Å². The van der Waals surface area contributed by atoms with E-state index in [0.29, 0.717) is 0 Å². The van der Waals surface area contributed by atoms with Crippen molar-refractivity contribution in [3.63, 3.8) is 0 Å². The summed E-state index contributed by atoms with van der Waals surface area (Å²) in [6.45, 7) is 4.66. The topological polar surface area (TPSA) is 9.23 Å². The Kier molecular flexibility index (Phi) is 4.78. The van der Waals surface area contributed by atoms with Gasteiger partial charge >= 0.3 is 0 Å². The zero-order valence-corrected chi connectivity index (χ0v) is 25.3. The van der Waals surface area contributed by atoms with Crippen LogP contribution in [0.5, 0.6) is 11.5 Å². The summed E-state index contributed by atoms with van der Waals surface area (Å²) in [5, 5.41) is 2.59. The summed E-state index contributed by atoms with van der Waals surface area (Å²) in [4.78, 5) is 0. The second-order valence-electron chi connectivity index (χ2n) is 13.2. The van der Waals surface area contributed by atoms with Gasteiger partial charge in [-0.25, -0.2) is 0 Å². The predicted octanol–water partition coefficient (Wildman–Crippen LogP) is 11.3. The van der Waals surface area contributed by atoms with E-state index >= 15 is 0 Å². The van der Waals surface area contributed by atoms with Crippen molar-refractivity contribution in [3.05, 3.63) is 179 Å². The van der Waals surface area contributed by atoms with Gasteiger partial charge in [0.2, 0.25) is 0 Å². The summed E-state index contributed by atoms with van der Waals surface area (Å²) in [5.41, 5.74) is 15.1. The molecule has 1 spiro atoms. The summed E-state index contributed by atoms with van der Waals surface area (Å²) < 4.78 is 6.55. The minimum atomic E-state index is -0.397. The first-order chi connectivity index (χ1) is 22.1. The number of fused-ring (bicyclic) bond motifs is 14. The maximum atomic E-state index is 6.55. The maximum Gasteiger partial charge on any atom is 0.132 e. The van der Waals surface area contributed by atoms with E-state index in [1.165, 1.54) is 77.5 Å². The van der Waals surface area contributed by atoms with E-state index in [0.717, 1.165) is 11.5 Å². The lowest BCUT2D eigenvalue weighted by atomic mass is 9.69. The van der Waals surface area contributed by atoms with Crippen molar-refractivity contribution in [2.75, 3.05) is 0 Å². The van der Waals surface area contributed by atoms with Crippen LogP contribution in [-0.2, 0) is 10.8 Å². The van der Waals surface area contributed by atoms with Gasteiger partial charge in [0.25, 0.3) is 0 Å². The molecule has 3 aliphatic rings. The fourth-order valence-electron chi connectivity index (χ4n) is 8.90. The van der Waals surface area contributed by atoms with Crippen molar-refractivity contribution >= 4 is 10.8 Å². The van der Waals surface area contributed by atoms with E-state index in [1.54, 1.807) is 0 Å². The van der Waals surface area contributed by atoms with Crippen molar-refractivity contribution in [2.45, 2.75) is 24.7 Å². The minimum absolute atomic E-state index is 0.219. The first-order valence-electron chi connectivity index (χ1n) is 15.9. The lowest BCUT2D eigenvalue weighted by molar-refractivity contribution is 0.419. The van der Waals surface area contributed by atoms with Crippen LogP contribution in [0.4, 0.5) is 0 Å². The first-order valence-corrected chi connectivity index (χ1v) is 15.9. The molecule has 1 heteroatoms. The van der Waals surface area contributed by atoms with Crippen molar-refractivity contribution in [1.29, 1.82) is 0 Å². The van der Waals surface area contributed by atoms with Crippen LogP contribution >= 0.6 is 0 Å². The Labute approximate surface area is 263 Å². The number of benzene rings is 7. The van der Waals surface area contributed by atoms with E-state index in [-0.39, 0.29) is 5.41 Å². The molecule has 1 heterocycles. The van der Waals surface area contributed by atoms with Gasteiger partial charge in [-0.2, -0.15) is 0 Å². The molecule has 0 bridgehead atoms. The van der Waals surface area contributed by atoms with Crippen LogP contribution in [0.15, 0.2) is 146 Å². The molecule has 0 fully saturated rings. The quantitative estimate of drug-likeness (QED) is 0.189. The van der Waals surface area contributed by atoms with Crippen molar-refractivity contribution in [2.24, 2.45) is 0 Å². The van der Waals surface area contributed by atoms with Crippen LogP contribution in [0.1, 0.15) is 47.2 Å².